The van der Waals surface area contributed by atoms with E-state index in [4.69, 9.17) is 4.74 Å². The Labute approximate surface area is 99.5 Å². The van der Waals surface area contributed by atoms with Gasteiger partial charge in [-0.25, -0.2) is 0 Å². The highest BCUT2D eigenvalue weighted by Gasteiger charge is 2.37. The lowest BCUT2D eigenvalue weighted by atomic mass is 10.0. The second-order valence-electron chi connectivity index (χ2n) is 5.15. The van der Waals surface area contributed by atoms with Crippen LogP contribution in [0.3, 0.4) is 0 Å². The van der Waals surface area contributed by atoms with E-state index in [-0.39, 0.29) is 0 Å². The Hall–Kier alpha value is -0.120. The lowest BCUT2D eigenvalue weighted by molar-refractivity contribution is -0.00534. The van der Waals surface area contributed by atoms with E-state index in [2.05, 4.69) is 24.2 Å². The highest BCUT2D eigenvalue weighted by Crippen LogP contribution is 2.31. The molecule has 2 unspecified atom stereocenters. The molecular weight excluding hydrogens is 200 g/mol. The number of hydrogen-bond donors (Lipinski definition) is 1. The fraction of sp³-hybridized carbons (Fsp3) is 1.00. The molecule has 3 nitrogen and oxygen atoms in total. The summed E-state index contributed by atoms with van der Waals surface area (Å²) in [5.41, 5.74) is 0. The summed E-state index contributed by atoms with van der Waals surface area (Å²) in [6, 6.07) is 2.10. The number of hydrogen-bond acceptors (Lipinski definition) is 3. The maximum absolute atomic E-state index is 5.67. The van der Waals surface area contributed by atoms with Gasteiger partial charge in [-0.3, -0.25) is 4.90 Å². The van der Waals surface area contributed by atoms with Crippen molar-refractivity contribution in [3.63, 3.8) is 0 Å². The van der Waals surface area contributed by atoms with E-state index in [9.17, 15) is 0 Å². The van der Waals surface area contributed by atoms with Crippen LogP contribution in [0.5, 0.6) is 0 Å². The number of likely N-dealkylation sites (N-methyl/N-ethyl adjacent to an activating group) is 1. The molecule has 1 saturated carbocycles. The van der Waals surface area contributed by atoms with Crippen molar-refractivity contribution in [2.75, 3.05) is 26.8 Å². The zero-order valence-corrected chi connectivity index (χ0v) is 10.7. The summed E-state index contributed by atoms with van der Waals surface area (Å²) in [6.45, 7) is 5.38. The van der Waals surface area contributed by atoms with Gasteiger partial charge in [0.1, 0.15) is 0 Å². The molecule has 0 bridgehead atoms. The molecule has 94 valence electrons. The maximum Gasteiger partial charge on any atom is 0.0637 e. The van der Waals surface area contributed by atoms with Gasteiger partial charge in [-0.05, 0) is 39.3 Å². The number of rotatable bonds is 6. The average Bonchev–Trinajstić information content (AvgIpc) is 3.14. The van der Waals surface area contributed by atoms with Gasteiger partial charge in [-0.15, -0.1) is 0 Å². The molecule has 0 aromatic heterocycles. The summed E-state index contributed by atoms with van der Waals surface area (Å²) < 4.78 is 5.67. The average molecular weight is 226 g/mol. The van der Waals surface area contributed by atoms with Crippen molar-refractivity contribution in [1.82, 2.24) is 10.2 Å². The minimum Gasteiger partial charge on any atom is -0.380 e. The molecular formula is C13H26N2O. The Bertz CT molecular complexity index is 206. The molecule has 0 amide bonds. The summed E-state index contributed by atoms with van der Waals surface area (Å²) in [6.07, 6.45) is 6.58. The van der Waals surface area contributed by atoms with Crippen molar-refractivity contribution in [2.45, 2.75) is 57.2 Å². The maximum atomic E-state index is 5.67. The third-order valence-electron chi connectivity index (χ3n) is 3.91. The molecule has 1 aliphatic carbocycles. The van der Waals surface area contributed by atoms with Crippen LogP contribution >= 0.6 is 0 Å². The van der Waals surface area contributed by atoms with Crippen molar-refractivity contribution in [3.8, 4) is 0 Å². The van der Waals surface area contributed by atoms with Crippen LogP contribution in [0.2, 0.25) is 0 Å². The lowest BCUT2D eigenvalue weighted by Gasteiger charge is -2.40. The molecule has 1 saturated heterocycles. The van der Waals surface area contributed by atoms with Crippen LogP contribution in [0, 0.1) is 0 Å². The molecule has 16 heavy (non-hydrogen) atoms. The van der Waals surface area contributed by atoms with Gasteiger partial charge >= 0.3 is 0 Å². The second-order valence-corrected chi connectivity index (χ2v) is 5.15. The first-order valence-corrected chi connectivity index (χ1v) is 6.87. The Kier molecular flexibility index (Phi) is 4.62. The highest BCUT2D eigenvalue weighted by molar-refractivity contribution is 4.94. The zero-order chi connectivity index (χ0) is 11.4. The SMILES string of the molecule is CCCCN(C1CC1)C1COCCC1NC. The largest absolute Gasteiger partial charge is 0.380 e. The Morgan fingerprint density at radius 3 is 2.75 bits per heavy atom. The molecule has 2 rings (SSSR count). The fourth-order valence-corrected chi connectivity index (χ4v) is 2.75. The molecule has 0 radical (unpaired) electrons. The first-order valence-electron chi connectivity index (χ1n) is 6.87. The lowest BCUT2D eigenvalue weighted by Crippen LogP contribution is -2.55. The molecule has 1 N–H and O–H groups in total. The Balaban J connectivity index is 1.93. The number of unbranched alkanes of at least 4 members (excludes halogenated alkanes) is 1. The molecule has 2 aliphatic rings. The normalized spacial score (nSPS) is 30.9. The van der Waals surface area contributed by atoms with Gasteiger partial charge in [-0.1, -0.05) is 13.3 Å². The van der Waals surface area contributed by atoms with Crippen LogP contribution < -0.4 is 5.32 Å². The van der Waals surface area contributed by atoms with E-state index < -0.39 is 0 Å². The first kappa shape index (κ1) is 12.3. The molecule has 1 aliphatic heterocycles. The third kappa shape index (κ3) is 2.96. The summed E-state index contributed by atoms with van der Waals surface area (Å²) in [4.78, 5) is 2.71. The van der Waals surface area contributed by atoms with Gasteiger partial charge in [0.2, 0.25) is 0 Å². The zero-order valence-electron chi connectivity index (χ0n) is 10.7. The van der Waals surface area contributed by atoms with Crippen LogP contribution in [0.15, 0.2) is 0 Å². The Morgan fingerprint density at radius 2 is 2.12 bits per heavy atom. The van der Waals surface area contributed by atoms with Crippen molar-refractivity contribution >= 4 is 0 Å². The van der Waals surface area contributed by atoms with E-state index in [0.717, 1.165) is 25.7 Å². The predicted octanol–water partition coefficient (Wildman–Crippen LogP) is 1.63. The van der Waals surface area contributed by atoms with Crippen LogP contribution in [0.4, 0.5) is 0 Å². The second kappa shape index (κ2) is 5.99. The van der Waals surface area contributed by atoms with E-state index in [1.165, 1.54) is 32.2 Å². The molecule has 2 atom stereocenters. The van der Waals surface area contributed by atoms with E-state index >= 15 is 0 Å². The standard InChI is InChI=1S/C13H26N2O/c1-3-4-8-15(11-5-6-11)13-10-16-9-7-12(13)14-2/h11-14H,3-10H2,1-2H3. The van der Waals surface area contributed by atoms with Crippen LogP contribution in [-0.4, -0.2) is 49.8 Å². The van der Waals surface area contributed by atoms with Gasteiger partial charge < -0.3 is 10.1 Å². The van der Waals surface area contributed by atoms with E-state index in [1.54, 1.807) is 0 Å². The Morgan fingerprint density at radius 1 is 1.31 bits per heavy atom. The number of ether oxygens (including phenoxy) is 1. The van der Waals surface area contributed by atoms with Gasteiger partial charge in [0.15, 0.2) is 0 Å². The fourth-order valence-electron chi connectivity index (χ4n) is 2.75. The predicted molar refractivity (Wildman–Crippen MR) is 66.7 cm³/mol. The van der Waals surface area contributed by atoms with Crippen molar-refractivity contribution < 1.29 is 4.74 Å². The van der Waals surface area contributed by atoms with Crippen LogP contribution in [-0.2, 0) is 4.74 Å². The molecule has 0 aromatic carbocycles. The molecule has 0 aromatic rings. The topological polar surface area (TPSA) is 24.5 Å². The summed E-state index contributed by atoms with van der Waals surface area (Å²) in [5, 5.41) is 3.47. The molecule has 1 heterocycles. The van der Waals surface area contributed by atoms with E-state index in [1.807, 2.05) is 0 Å². The van der Waals surface area contributed by atoms with Gasteiger partial charge in [0, 0.05) is 24.7 Å². The quantitative estimate of drug-likeness (QED) is 0.745. The van der Waals surface area contributed by atoms with E-state index in [0.29, 0.717) is 12.1 Å². The summed E-state index contributed by atoms with van der Waals surface area (Å²) in [7, 11) is 2.09. The van der Waals surface area contributed by atoms with Crippen molar-refractivity contribution in [1.29, 1.82) is 0 Å². The van der Waals surface area contributed by atoms with Gasteiger partial charge in [0.25, 0.3) is 0 Å². The third-order valence-corrected chi connectivity index (χ3v) is 3.91. The highest BCUT2D eigenvalue weighted by atomic mass is 16.5. The summed E-state index contributed by atoms with van der Waals surface area (Å²) >= 11 is 0. The molecule has 3 heteroatoms. The van der Waals surface area contributed by atoms with Gasteiger partial charge in [0.05, 0.1) is 6.61 Å². The monoisotopic (exact) mass is 226 g/mol. The minimum absolute atomic E-state index is 0.609. The van der Waals surface area contributed by atoms with Crippen LogP contribution in [0.25, 0.3) is 0 Å². The first-order chi connectivity index (χ1) is 7.86. The number of nitrogens with one attached hydrogen (secondary N) is 1. The van der Waals surface area contributed by atoms with Crippen LogP contribution in [0.1, 0.15) is 39.0 Å². The summed E-state index contributed by atoms with van der Waals surface area (Å²) in [5.74, 6) is 0. The minimum atomic E-state index is 0.609. The smallest absolute Gasteiger partial charge is 0.0637 e. The van der Waals surface area contributed by atoms with Gasteiger partial charge in [-0.2, -0.15) is 0 Å². The molecule has 2 fully saturated rings. The number of nitrogens with zero attached hydrogens (tertiary/aromatic N) is 1. The molecule has 0 spiro atoms. The van der Waals surface area contributed by atoms with Crippen molar-refractivity contribution in [2.24, 2.45) is 0 Å². The van der Waals surface area contributed by atoms with Crippen molar-refractivity contribution in [3.05, 3.63) is 0 Å².